The van der Waals surface area contributed by atoms with E-state index in [2.05, 4.69) is 5.32 Å². The molecule has 162 valence electrons. The standard InChI is InChI=1S/C27H25FN2OS/c1-3-23(19-12-9-13-20(28)16-19)30-27(31)25-21-14-7-8-15-24(21)29-26(22(25)17-32-2)18-10-5-4-6-11-18/h4-16,23H,3,17H2,1-2H3,(H,30,31). The summed E-state index contributed by atoms with van der Waals surface area (Å²) < 4.78 is 13.8. The molecule has 0 saturated heterocycles. The number of para-hydroxylation sites is 1. The van der Waals surface area contributed by atoms with Crippen LogP contribution >= 0.6 is 11.8 Å². The molecule has 1 amide bonds. The first-order chi connectivity index (χ1) is 15.6. The molecule has 1 heterocycles. The molecule has 0 aliphatic rings. The Kier molecular flexibility index (Phi) is 6.86. The Hall–Kier alpha value is -3.18. The number of carbonyl (C=O) groups is 1. The first-order valence-electron chi connectivity index (χ1n) is 10.6. The van der Waals surface area contributed by atoms with Crippen molar-refractivity contribution in [2.24, 2.45) is 0 Å². The fourth-order valence-corrected chi connectivity index (χ4v) is 4.58. The highest BCUT2D eigenvalue weighted by molar-refractivity contribution is 7.97. The van der Waals surface area contributed by atoms with Crippen LogP contribution in [0.5, 0.6) is 0 Å². The van der Waals surface area contributed by atoms with Crippen LogP contribution in [0.3, 0.4) is 0 Å². The molecule has 3 nitrogen and oxygen atoms in total. The number of hydrogen-bond donors (Lipinski definition) is 1. The van der Waals surface area contributed by atoms with E-state index in [1.165, 1.54) is 12.1 Å². The van der Waals surface area contributed by atoms with E-state index in [9.17, 15) is 9.18 Å². The third-order valence-electron chi connectivity index (χ3n) is 5.52. The lowest BCUT2D eigenvalue weighted by Crippen LogP contribution is -2.29. The van der Waals surface area contributed by atoms with E-state index in [1.807, 2.05) is 73.8 Å². The zero-order valence-corrected chi connectivity index (χ0v) is 19.0. The third-order valence-corrected chi connectivity index (χ3v) is 6.10. The number of pyridine rings is 1. The molecular formula is C27H25FN2OS. The monoisotopic (exact) mass is 444 g/mol. The van der Waals surface area contributed by atoms with E-state index in [-0.39, 0.29) is 17.8 Å². The van der Waals surface area contributed by atoms with Gasteiger partial charge in [0.15, 0.2) is 0 Å². The number of nitrogens with zero attached hydrogens (tertiary/aromatic N) is 1. The van der Waals surface area contributed by atoms with Gasteiger partial charge in [0.2, 0.25) is 0 Å². The second-order valence-corrected chi connectivity index (χ2v) is 8.49. The number of aromatic nitrogens is 1. The summed E-state index contributed by atoms with van der Waals surface area (Å²) in [5.74, 6) is 0.182. The van der Waals surface area contributed by atoms with Crippen molar-refractivity contribution < 1.29 is 9.18 Å². The number of hydrogen-bond acceptors (Lipinski definition) is 3. The number of benzene rings is 3. The largest absolute Gasteiger partial charge is 0.345 e. The molecule has 0 spiro atoms. The summed E-state index contributed by atoms with van der Waals surface area (Å²) >= 11 is 1.66. The average molecular weight is 445 g/mol. The predicted molar refractivity (Wildman–Crippen MR) is 131 cm³/mol. The maximum Gasteiger partial charge on any atom is 0.252 e. The van der Waals surface area contributed by atoms with E-state index in [0.29, 0.717) is 17.7 Å². The highest BCUT2D eigenvalue weighted by Crippen LogP contribution is 2.33. The molecule has 1 N–H and O–H groups in total. The summed E-state index contributed by atoms with van der Waals surface area (Å²) in [6.45, 7) is 1.98. The lowest BCUT2D eigenvalue weighted by Gasteiger charge is -2.21. The van der Waals surface area contributed by atoms with Crippen molar-refractivity contribution >= 4 is 28.6 Å². The summed E-state index contributed by atoms with van der Waals surface area (Å²) in [7, 11) is 0. The second-order valence-electron chi connectivity index (χ2n) is 7.62. The topological polar surface area (TPSA) is 42.0 Å². The van der Waals surface area contributed by atoms with Crippen molar-refractivity contribution in [1.82, 2.24) is 10.3 Å². The second kappa shape index (κ2) is 9.96. The summed E-state index contributed by atoms with van der Waals surface area (Å²) in [5.41, 5.74) is 4.89. The summed E-state index contributed by atoms with van der Waals surface area (Å²) in [4.78, 5) is 18.7. The molecule has 1 atom stereocenters. The Bertz CT molecular complexity index is 1240. The Balaban J connectivity index is 1.86. The van der Waals surface area contributed by atoms with Crippen molar-refractivity contribution in [3.8, 4) is 11.3 Å². The molecule has 4 aromatic rings. The number of halogens is 1. The van der Waals surface area contributed by atoms with Gasteiger partial charge >= 0.3 is 0 Å². The third kappa shape index (κ3) is 4.53. The molecule has 0 fully saturated rings. The van der Waals surface area contributed by atoms with Gasteiger partial charge in [-0.15, -0.1) is 0 Å². The van der Waals surface area contributed by atoms with E-state index in [0.717, 1.165) is 33.3 Å². The zero-order valence-electron chi connectivity index (χ0n) is 18.1. The van der Waals surface area contributed by atoms with Gasteiger partial charge in [0.05, 0.1) is 22.8 Å². The maximum atomic E-state index is 13.8. The van der Waals surface area contributed by atoms with Crippen LogP contribution in [-0.4, -0.2) is 17.1 Å². The van der Waals surface area contributed by atoms with Crippen LogP contribution in [0.25, 0.3) is 22.2 Å². The molecular weight excluding hydrogens is 419 g/mol. The van der Waals surface area contributed by atoms with Crippen LogP contribution < -0.4 is 5.32 Å². The molecule has 5 heteroatoms. The summed E-state index contributed by atoms with van der Waals surface area (Å²) in [5, 5.41) is 3.98. The van der Waals surface area contributed by atoms with Crippen LogP contribution in [0.15, 0.2) is 78.9 Å². The summed E-state index contributed by atoms with van der Waals surface area (Å²) in [6.07, 6.45) is 2.68. The van der Waals surface area contributed by atoms with Crippen molar-refractivity contribution in [1.29, 1.82) is 0 Å². The Morgan fingerprint density at radius 1 is 1.03 bits per heavy atom. The molecule has 0 saturated carbocycles. The van der Waals surface area contributed by atoms with Gasteiger partial charge in [-0.3, -0.25) is 4.79 Å². The average Bonchev–Trinajstić information content (AvgIpc) is 2.82. The van der Waals surface area contributed by atoms with Crippen molar-refractivity contribution in [3.63, 3.8) is 0 Å². The number of carbonyl (C=O) groups excluding carboxylic acids is 1. The molecule has 0 aliphatic heterocycles. The van der Waals surface area contributed by atoms with Gasteiger partial charge in [-0.1, -0.05) is 67.6 Å². The van der Waals surface area contributed by atoms with Crippen molar-refractivity contribution in [2.75, 3.05) is 6.26 Å². The fourth-order valence-electron chi connectivity index (χ4n) is 4.01. The van der Waals surface area contributed by atoms with Crippen molar-refractivity contribution in [3.05, 3.63) is 101 Å². The van der Waals surface area contributed by atoms with Gasteiger partial charge in [-0.2, -0.15) is 11.8 Å². The Morgan fingerprint density at radius 2 is 1.78 bits per heavy atom. The predicted octanol–water partition coefficient (Wildman–Crippen LogP) is 6.79. The minimum absolute atomic E-state index is 0.166. The maximum absolute atomic E-state index is 13.8. The molecule has 0 aliphatic carbocycles. The SMILES string of the molecule is CCC(NC(=O)c1c(CSC)c(-c2ccccc2)nc2ccccc12)c1cccc(F)c1. The van der Waals surface area contributed by atoms with Gasteiger partial charge in [0.1, 0.15) is 5.82 Å². The van der Waals surface area contributed by atoms with E-state index in [4.69, 9.17) is 4.98 Å². The highest BCUT2D eigenvalue weighted by atomic mass is 32.2. The molecule has 32 heavy (non-hydrogen) atoms. The van der Waals surface area contributed by atoms with E-state index < -0.39 is 0 Å². The Morgan fingerprint density at radius 3 is 2.50 bits per heavy atom. The van der Waals surface area contributed by atoms with Crippen LogP contribution in [0.1, 0.15) is 40.9 Å². The molecule has 1 aromatic heterocycles. The smallest absolute Gasteiger partial charge is 0.252 e. The molecule has 0 radical (unpaired) electrons. The first kappa shape index (κ1) is 22.0. The zero-order chi connectivity index (χ0) is 22.5. The normalized spacial score (nSPS) is 12.0. The molecule has 0 bridgehead atoms. The van der Waals surface area contributed by atoms with Crippen LogP contribution in [0.2, 0.25) is 0 Å². The summed E-state index contributed by atoms with van der Waals surface area (Å²) in [6, 6.07) is 23.8. The first-order valence-corrected chi connectivity index (χ1v) is 12.0. The minimum Gasteiger partial charge on any atom is -0.345 e. The fraction of sp³-hybridized carbons (Fsp3) is 0.185. The van der Waals surface area contributed by atoms with E-state index in [1.54, 1.807) is 17.8 Å². The number of thioether (sulfide) groups is 1. The molecule has 4 rings (SSSR count). The minimum atomic E-state index is -0.306. The van der Waals surface area contributed by atoms with Crippen LogP contribution in [-0.2, 0) is 5.75 Å². The van der Waals surface area contributed by atoms with Gasteiger partial charge in [0.25, 0.3) is 5.91 Å². The quantitative estimate of drug-likeness (QED) is 0.341. The molecule has 1 unspecified atom stereocenters. The van der Waals surface area contributed by atoms with Crippen molar-refractivity contribution in [2.45, 2.75) is 25.1 Å². The Labute approximate surface area is 192 Å². The number of amides is 1. The number of nitrogens with one attached hydrogen (secondary N) is 1. The lowest BCUT2D eigenvalue weighted by atomic mass is 9.96. The van der Waals surface area contributed by atoms with Gasteiger partial charge in [-0.25, -0.2) is 9.37 Å². The van der Waals surface area contributed by atoms with Gasteiger partial charge in [-0.05, 0) is 36.4 Å². The number of rotatable bonds is 7. The number of fused-ring (bicyclic) bond motifs is 1. The lowest BCUT2D eigenvalue weighted by molar-refractivity contribution is 0.0936. The highest BCUT2D eigenvalue weighted by Gasteiger charge is 2.23. The van der Waals surface area contributed by atoms with Gasteiger partial charge in [0, 0.05) is 22.3 Å². The van der Waals surface area contributed by atoms with Crippen LogP contribution in [0, 0.1) is 5.82 Å². The molecule has 3 aromatic carbocycles. The van der Waals surface area contributed by atoms with Gasteiger partial charge < -0.3 is 5.32 Å². The van der Waals surface area contributed by atoms with Crippen LogP contribution in [0.4, 0.5) is 4.39 Å². The van der Waals surface area contributed by atoms with E-state index >= 15 is 0 Å².